The van der Waals surface area contributed by atoms with E-state index in [2.05, 4.69) is 5.32 Å². The predicted molar refractivity (Wildman–Crippen MR) is 222 cm³/mol. The van der Waals surface area contributed by atoms with Crippen molar-refractivity contribution in [2.75, 3.05) is 6.61 Å². The number of ketones is 1. The molecule has 15 heteroatoms. The third-order valence-electron chi connectivity index (χ3n) is 13.8. The summed E-state index contributed by atoms with van der Waals surface area (Å²) in [7, 11) is 0. The number of aliphatic hydroxyl groups excluding tert-OH is 2. The largest absolute Gasteiger partial charge is 0.456 e. The normalized spacial score (nSPS) is 31.6. The number of hydrogen-bond donors (Lipinski definition) is 4. The van der Waals surface area contributed by atoms with Crippen LogP contribution in [0.4, 0.5) is 0 Å². The fourth-order valence-corrected chi connectivity index (χ4v) is 10.3. The van der Waals surface area contributed by atoms with E-state index >= 15 is 4.79 Å². The molecule has 15 nitrogen and oxygen atoms in total. The molecular formula is C48H53NO14. The summed E-state index contributed by atoms with van der Waals surface area (Å²) in [5.41, 5.74) is -6.14. The van der Waals surface area contributed by atoms with E-state index in [0.717, 1.165) is 19.4 Å². The maximum absolute atomic E-state index is 15.5. The summed E-state index contributed by atoms with van der Waals surface area (Å²) in [6.07, 6.45) is -10.5. The summed E-state index contributed by atoms with van der Waals surface area (Å²) in [4.78, 5) is 83.7. The van der Waals surface area contributed by atoms with Gasteiger partial charge in [-0.1, -0.05) is 80.1 Å². The van der Waals surface area contributed by atoms with Crippen LogP contribution in [0.15, 0.2) is 96.1 Å². The summed E-state index contributed by atoms with van der Waals surface area (Å²) < 4.78 is 30.3. The molecular weight excluding hydrogens is 815 g/mol. The van der Waals surface area contributed by atoms with E-state index in [0.29, 0.717) is 5.56 Å². The first kappa shape index (κ1) is 45.3. The Morgan fingerprint density at radius 2 is 1.43 bits per heavy atom. The lowest BCUT2D eigenvalue weighted by molar-refractivity contribution is -0.346. The second kappa shape index (κ2) is 16.8. The molecule has 3 aliphatic carbocycles. The molecule has 11 atom stereocenters. The Balaban J connectivity index is 1.39. The SMILES string of the molecule is CC(=O)O[C@H]1C(=O)[C@@]2(C)C(C(OC(=O)c3ccccc3)[C@]3(O)CC(OC(=O)C(O)C(NC(=O)c4ccccc4)c4ccc(C)cc4)C(C)=C1C3(C)C)[C@]1(OC(C)=O)CO[C@@H]1C[C@@H]2O. The fourth-order valence-electron chi connectivity index (χ4n) is 10.3. The zero-order chi connectivity index (χ0) is 45.8. The zero-order valence-corrected chi connectivity index (χ0v) is 36.2. The van der Waals surface area contributed by atoms with Gasteiger partial charge in [-0.05, 0) is 61.7 Å². The van der Waals surface area contributed by atoms with Crippen molar-refractivity contribution in [2.24, 2.45) is 16.7 Å². The molecule has 1 heterocycles. The lowest BCUT2D eigenvalue weighted by atomic mass is 9.44. The maximum atomic E-state index is 15.5. The number of nitrogens with one attached hydrogen (secondary N) is 1. The number of rotatable bonds is 10. The monoisotopic (exact) mass is 867 g/mol. The number of benzene rings is 3. The number of fused-ring (bicyclic) bond motifs is 5. The minimum Gasteiger partial charge on any atom is -0.456 e. The number of carbonyl (C=O) groups is 6. The lowest BCUT2D eigenvalue weighted by Crippen LogP contribution is -2.82. The highest BCUT2D eigenvalue weighted by molar-refractivity contribution is 5.96. The van der Waals surface area contributed by atoms with Gasteiger partial charge in [0.15, 0.2) is 23.6 Å². The molecule has 0 radical (unpaired) electrons. The number of esters is 4. The molecule has 1 aliphatic heterocycles. The van der Waals surface area contributed by atoms with Crippen molar-refractivity contribution < 1.29 is 67.8 Å². The van der Waals surface area contributed by atoms with Crippen LogP contribution < -0.4 is 5.32 Å². The number of aliphatic hydroxyl groups is 3. The molecule has 0 spiro atoms. The number of aryl methyl sites for hydroxylation is 1. The van der Waals surface area contributed by atoms with Crippen LogP contribution in [-0.4, -0.2) is 105 Å². The Morgan fingerprint density at radius 1 is 0.825 bits per heavy atom. The standard InChI is InChI=1S/C48H53NO14/c1-25-18-20-29(21-19-25)36(49-42(55)30-14-10-8-11-15-30)37(53)44(57)61-32-23-48(58)41(62-43(56)31-16-12-9-13-17-31)39-46(7,33(52)22-34-47(39,24-59-34)63-28(4)51)40(54)38(60-27(3)50)35(26(32)2)45(48,5)6/h8-21,32-34,36-39,41,52-53,58H,22-24H2,1-7H3,(H,49,55)/t32?,33-,34+,36?,37?,38+,39?,41?,46+,47-,48+/m0/s1. The molecule has 7 rings (SSSR count). The first-order chi connectivity index (χ1) is 29.7. The van der Waals surface area contributed by atoms with Crippen LogP contribution in [0.25, 0.3) is 0 Å². The molecule has 2 saturated carbocycles. The minimum atomic E-state index is -2.39. The summed E-state index contributed by atoms with van der Waals surface area (Å²) >= 11 is 0. The highest BCUT2D eigenvalue weighted by Gasteiger charge is 2.78. The topological polar surface area (TPSA) is 221 Å². The summed E-state index contributed by atoms with van der Waals surface area (Å²) in [6, 6.07) is 21.5. The van der Waals surface area contributed by atoms with Crippen molar-refractivity contribution >= 4 is 35.6 Å². The molecule has 3 fully saturated rings. The molecule has 2 bridgehead atoms. The average Bonchev–Trinajstić information content (AvgIpc) is 3.24. The number of hydrogen-bond acceptors (Lipinski definition) is 14. The molecule has 334 valence electrons. The van der Waals surface area contributed by atoms with E-state index in [1.165, 1.54) is 26.0 Å². The third kappa shape index (κ3) is 7.64. The van der Waals surface area contributed by atoms with E-state index in [1.54, 1.807) is 86.6 Å². The van der Waals surface area contributed by atoms with Crippen LogP contribution in [0.5, 0.6) is 0 Å². The fraction of sp³-hybridized carbons (Fsp3) is 0.458. The molecule has 63 heavy (non-hydrogen) atoms. The van der Waals surface area contributed by atoms with Crippen LogP contribution in [0.2, 0.25) is 0 Å². The molecule has 1 amide bonds. The van der Waals surface area contributed by atoms with E-state index < -0.39 is 113 Å². The molecule has 3 aromatic rings. The van der Waals surface area contributed by atoms with Gasteiger partial charge in [0.05, 0.1) is 35.6 Å². The zero-order valence-electron chi connectivity index (χ0n) is 36.2. The average molecular weight is 868 g/mol. The van der Waals surface area contributed by atoms with Gasteiger partial charge in [0.25, 0.3) is 5.91 Å². The Morgan fingerprint density at radius 3 is 1.98 bits per heavy atom. The van der Waals surface area contributed by atoms with Crippen LogP contribution in [0.1, 0.15) is 92.3 Å². The van der Waals surface area contributed by atoms with E-state index in [9.17, 15) is 39.3 Å². The van der Waals surface area contributed by atoms with Gasteiger partial charge in [-0.2, -0.15) is 0 Å². The third-order valence-corrected chi connectivity index (χ3v) is 13.8. The Kier molecular flexibility index (Phi) is 12.0. The van der Waals surface area contributed by atoms with Gasteiger partial charge in [0.2, 0.25) is 0 Å². The highest BCUT2D eigenvalue weighted by atomic mass is 16.6. The predicted octanol–water partition coefficient (Wildman–Crippen LogP) is 4.04. The smallest absolute Gasteiger partial charge is 0.338 e. The molecule has 0 aromatic heterocycles. The van der Waals surface area contributed by atoms with Crippen molar-refractivity contribution in [3.63, 3.8) is 0 Å². The Bertz CT molecular complexity index is 2330. The maximum Gasteiger partial charge on any atom is 0.338 e. The van der Waals surface area contributed by atoms with Crippen molar-refractivity contribution in [1.82, 2.24) is 5.32 Å². The molecule has 1 saturated heterocycles. The highest BCUT2D eigenvalue weighted by Crippen LogP contribution is 2.64. The van der Waals surface area contributed by atoms with Crippen molar-refractivity contribution in [2.45, 2.75) is 115 Å². The van der Waals surface area contributed by atoms with Gasteiger partial charge in [0, 0.05) is 37.7 Å². The number of ether oxygens (including phenoxy) is 5. The number of amides is 1. The van der Waals surface area contributed by atoms with Gasteiger partial charge in [0.1, 0.15) is 23.9 Å². The van der Waals surface area contributed by atoms with Gasteiger partial charge in [-0.15, -0.1) is 0 Å². The van der Waals surface area contributed by atoms with Crippen LogP contribution in [-0.2, 0) is 42.9 Å². The van der Waals surface area contributed by atoms with Gasteiger partial charge < -0.3 is 44.3 Å². The van der Waals surface area contributed by atoms with E-state index in [4.69, 9.17) is 23.7 Å². The van der Waals surface area contributed by atoms with Crippen LogP contribution in [0, 0.1) is 23.7 Å². The van der Waals surface area contributed by atoms with Gasteiger partial charge in [-0.25, -0.2) is 9.59 Å². The minimum absolute atomic E-state index is 0.00245. The van der Waals surface area contributed by atoms with E-state index in [1.807, 2.05) is 6.92 Å². The quantitative estimate of drug-likeness (QED) is 0.128. The second-order valence-electron chi connectivity index (χ2n) is 17.9. The first-order valence-corrected chi connectivity index (χ1v) is 20.9. The van der Waals surface area contributed by atoms with Crippen LogP contribution in [0.3, 0.4) is 0 Å². The Labute approximate surface area is 364 Å². The molecule has 4 aliphatic rings. The van der Waals surface area contributed by atoms with Crippen LogP contribution >= 0.6 is 0 Å². The van der Waals surface area contributed by atoms with Gasteiger partial charge >= 0.3 is 23.9 Å². The lowest BCUT2D eigenvalue weighted by Gasteiger charge is -2.67. The number of Topliss-reactive ketones (excluding diaryl/α,β-unsaturated/α-hetero) is 1. The van der Waals surface area contributed by atoms with Crippen molar-refractivity contribution in [1.29, 1.82) is 0 Å². The molecule has 3 aromatic carbocycles. The summed E-state index contributed by atoms with van der Waals surface area (Å²) in [5, 5.41) is 40.4. The van der Waals surface area contributed by atoms with Crippen molar-refractivity contribution in [3.8, 4) is 0 Å². The van der Waals surface area contributed by atoms with E-state index in [-0.39, 0.29) is 35.3 Å². The summed E-state index contributed by atoms with van der Waals surface area (Å²) in [5.74, 6) is -6.84. The van der Waals surface area contributed by atoms with Crippen molar-refractivity contribution in [3.05, 3.63) is 118 Å². The first-order valence-electron chi connectivity index (χ1n) is 20.9. The summed E-state index contributed by atoms with van der Waals surface area (Å²) in [6.45, 7) is 9.83. The molecule has 4 N–H and O–H groups in total. The second-order valence-corrected chi connectivity index (χ2v) is 17.9. The Hall–Kier alpha value is -5.74. The molecule has 5 unspecified atom stereocenters. The number of carbonyl (C=O) groups excluding carboxylic acids is 6. The van der Waals surface area contributed by atoms with Gasteiger partial charge in [-0.3, -0.25) is 19.2 Å².